The van der Waals surface area contributed by atoms with Crippen LogP contribution in [0.2, 0.25) is 0 Å². The fourth-order valence-corrected chi connectivity index (χ4v) is 10.1. The van der Waals surface area contributed by atoms with E-state index in [2.05, 4.69) is 269 Å². The number of allylic oxidation sites excluding steroid dienone is 1. The average molecular weight is 897 g/mol. The van der Waals surface area contributed by atoms with Gasteiger partial charge in [0, 0.05) is 66.9 Å². The van der Waals surface area contributed by atoms with Crippen LogP contribution in [0.4, 0.5) is 17.1 Å². The molecule has 0 aliphatic carbocycles. The van der Waals surface area contributed by atoms with Crippen LogP contribution in [0.3, 0.4) is 0 Å². The smallest absolute Gasteiger partial charge is 0.0701 e. The van der Waals surface area contributed by atoms with E-state index in [-0.39, 0.29) is 0 Å². The highest BCUT2D eigenvalue weighted by molar-refractivity contribution is 6.12. The largest absolute Gasteiger partial charge is 0.311 e. The van der Waals surface area contributed by atoms with Crippen molar-refractivity contribution in [3.63, 3.8) is 0 Å². The van der Waals surface area contributed by atoms with Gasteiger partial charge in [0.1, 0.15) is 0 Å². The van der Waals surface area contributed by atoms with Gasteiger partial charge in [-0.1, -0.05) is 146 Å². The third-order valence-electron chi connectivity index (χ3n) is 13.5. The molecule has 3 aromatic heterocycles. The number of pyridine rings is 1. The number of hydrogen-bond donors (Lipinski definition) is 0. The van der Waals surface area contributed by atoms with Crippen LogP contribution in [0.15, 0.2) is 255 Å². The molecule has 12 aromatic rings. The lowest BCUT2D eigenvalue weighted by molar-refractivity contribution is 1.07. The summed E-state index contributed by atoms with van der Waals surface area (Å²) in [5.41, 5.74) is 17.6. The van der Waals surface area contributed by atoms with E-state index in [1.165, 1.54) is 33.0 Å². The summed E-state index contributed by atoms with van der Waals surface area (Å²) in [5, 5.41) is 5.76. The van der Waals surface area contributed by atoms with Gasteiger partial charge in [-0.05, 0) is 156 Å². The summed E-state index contributed by atoms with van der Waals surface area (Å²) in [6.45, 7) is 6.94. The molecule has 3 heterocycles. The highest BCUT2D eigenvalue weighted by Gasteiger charge is 2.18. The quantitative estimate of drug-likeness (QED) is 0.137. The Bertz CT molecular complexity index is 3930. The number of nitrogens with zero attached hydrogens (tertiary/aromatic N) is 4. The molecule has 12 rings (SSSR count). The second-order valence-corrected chi connectivity index (χ2v) is 17.6. The van der Waals surface area contributed by atoms with Crippen LogP contribution >= 0.6 is 0 Å². The number of aromatic nitrogens is 3. The molecule has 332 valence electrons. The summed E-state index contributed by atoms with van der Waals surface area (Å²) in [5.74, 6) is 0. The molecule has 0 radical (unpaired) electrons. The second kappa shape index (κ2) is 18.1. The number of fused-ring (bicyclic) bond motifs is 4. The normalized spacial score (nSPS) is 12.0. The van der Waals surface area contributed by atoms with E-state index in [0.717, 1.165) is 83.3 Å². The molecule has 0 saturated heterocycles. The summed E-state index contributed by atoms with van der Waals surface area (Å²) in [6.07, 6.45) is 6.35. The molecule has 4 nitrogen and oxygen atoms in total. The van der Waals surface area contributed by atoms with Crippen LogP contribution in [0, 0.1) is 0 Å². The molecule has 0 aliphatic rings. The predicted octanol–water partition coefficient (Wildman–Crippen LogP) is 15.9. The molecule has 0 spiro atoms. The first-order valence-corrected chi connectivity index (χ1v) is 23.8. The number of rotatable bonds is 10. The molecule has 0 atom stereocenters. The van der Waals surface area contributed by atoms with Crippen LogP contribution in [0.1, 0.15) is 12.5 Å². The first kappa shape index (κ1) is 42.1. The van der Waals surface area contributed by atoms with Gasteiger partial charge in [0.25, 0.3) is 0 Å². The highest BCUT2D eigenvalue weighted by Crippen LogP contribution is 2.39. The SMILES string of the molecule is C=C(/C=c1\c(=C/C)n(-c2ccc(-c3ccccn3)cc2)c2ccc(-c3ccccc3)cc12)c1ccc2c(c1)c1cc(-c3ccccc3)ccc1n2-c1ccc(N(c2ccccc2)c2ccccc2)cc1. The Balaban J connectivity index is 1.01. The summed E-state index contributed by atoms with van der Waals surface area (Å²) < 4.78 is 4.77. The first-order chi connectivity index (χ1) is 34.6. The van der Waals surface area contributed by atoms with Crippen molar-refractivity contribution in [3.8, 4) is 44.9 Å². The van der Waals surface area contributed by atoms with E-state index >= 15 is 0 Å². The number of benzene rings is 9. The zero-order chi connectivity index (χ0) is 47.0. The van der Waals surface area contributed by atoms with E-state index in [9.17, 15) is 0 Å². The van der Waals surface area contributed by atoms with Gasteiger partial charge in [-0.3, -0.25) is 4.98 Å². The van der Waals surface area contributed by atoms with Gasteiger partial charge >= 0.3 is 0 Å². The maximum Gasteiger partial charge on any atom is 0.0701 e. The summed E-state index contributed by atoms with van der Waals surface area (Å²) in [4.78, 5) is 6.91. The monoisotopic (exact) mass is 896 g/mol. The van der Waals surface area contributed by atoms with Crippen molar-refractivity contribution >= 4 is 67.5 Å². The number of anilines is 3. The van der Waals surface area contributed by atoms with Crippen molar-refractivity contribution in [2.75, 3.05) is 4.90 Å². The van der Waals surface area contributed by atoms with Crippen molar-refractivity contribution in [1.29, 1.82) is 0 Å². The Labute approximate surface area is 408 Å². The average Bonchev–Trinajstić information content (AvgIpc) is 3.93. The fraction of sp³-hybridized carbons (Fsp3) is 0.0152. The zero-order valence-electron chi connectivity index (χ0n) is 38.8. The molecule has 0 fully saturated rings. The van der Waals surface area contributed by atoms with Crippen molar-refractivity contribution in [2.45, 2.75) is 6.92 Å². The number of para-hydroxylation sites is 2. The summed E-state index contributed by atoms with van der Waals surface area (Å²) in [6, 6.07) is 86.6. The van der Waals surface area contributed by atoms with E-state index < -0.39 is 0 Å². The molecule has 0 amide bonds. The lowest BCUT2D eigenvalue weighted by atomic mass is 9.99. The van der Waals surface area contributed by atoms with Gasteiger partial charge in [-0.25, -0.2) is 0 Å². The van der Waals surface area contributed by atoms with Crippen molar-refractivity contribution in [2.24, 2.45) is 0 Å². The molecule has 4 heteroatoms. The van der Waals surface area contributed by atoms with Crippen LogP contribution in [-0.2, 0) is 0 Å². The Kier molecular flexibility index (Phi) is 10.9. The first-order valence-electron chi connectivity index (χ1n) is 23.8. The number of hydrogen-bond acceptors (Lipinski definition) is 2. The Morgan fingerprint density at radius 2 is 0.900 bits per heavy atom. The van der Waals surface area contributed by atoms with Crippen molar-refractivity contribution in [3.05, 3.63) is 272 Å². The lowest BCUT2D eigenvalue weighted by Crippen LogP contribution is -2.28. The molecule has 0 aliphatic heterocycles. The van der Waals surface area contributed by atoms with E-state index in [1.807, 2.05) is 18.3 Å². The third-order valence-corrected chi connectivity index (χ3v) is 13.5. The van der Waals surface area contributed by atoms with Gasteiger partial charge in [0.15, 0.2) is 0 Å². The minimum absolute atomic E-state index is 0.936. The van der Waals surface area contributed by atoms with E-state index in [4.69, 9.17) is 6.58 Å². The van der Waals surface area contributed by atoms with Crippen LogP contribution < -0.4 is 15.5 Å². The van der Waals surface area contributed by atoms with Crippen LogP contribution in [-0.4, -0.2) is 14.1 Å². The van der Waals surface area contributed by atoms with Gasteiger partial charge in [0.2, 0.25) is 0 Å². The Morgan fingerprint density at radius 1 is 0.429 bits per heavy atom. The van der Waals surface area contributed by atoms with Gasteiger partial charge in [0.05, 0.1) is 22.2 Å². The van der Waals surface area contributed by atoms with Crippen molar-refractivity contribution in [1.82, 2.24) is 14.1 Å². The van der Waals surface area contributed by atoms with Gasteiger partial charge in [-0.2, -0.15) is 0 Å². The zero-order valence-corrected chi connectivity index (χ0v) is 38.8. The predicted molar refractivity (Wildman–Crippen MR) is 296 cm³/mol. The Hall–Kier alpha value is -9.25. The van der Waals surface area contributed by atoms with Crippen LogP contribution in [0.5, 0.6) is 0 Å². The molecular weight excluding hydrogens is 849 g/mol. The fourth-order valence-electron chi connectivity index (χ4n) is 10.1. The lowest BCUT2D eigenvalue weighted by Gasteiger charge is -2.25. The minimum atomic E-state index is 0.936. The van der Waals surface area contributed by atoms with E-state index in [0.29, 0.717) is 0 Å². The summed E-state index contributed by atoms with van der Waals surface area (Å²) >= 11 is 0. The maximum absolute atomic E-state index is 4.81. The van der Waals surface area contributed by atoms with Crippen molar-refractivity contribution < 1.29 is 0 Å². The van der Waals surface area contributed by atoms with Gasteiger partial charge in [-0.15, -0.1) is 0 Å². The molecule has 0 N–H and O–H groups in total. The van der Waals surface area contributed by atoms with Crippen LogP contribution in [0.25, 0.3) is 95.3 Å². The molecule has 0 saturated carbocycles. The Morgan fingerprint density at radius 3 is 1.47 bits per heavy atom. The standard InChI is InChI=1S/C66H48N4/c1-3-63-58(60-44-51(47-18-8-4-9-19-47)30-39-64(60)69(63)56-32-27-49(28-33-56)62-26-16-17-41-67-62)42-46(2)50-29-38-65-59(43-50)61-45-52(48-20-10-5-11-21-48)31-40-66(61)70(65)57-36-34-55(35-37-57)68(53-22-12-6-13-23-53)54-24-14-7-15-25-54/h3-45H,2H2,1H3/b58-42-,63-3+. The highest BCUT2D eigenvalue weighted by atomic mass is 15.1. The third kappa shape index (κ3) is 7.68. The molecule has 70 heavy (non-hydrogen) atoms. The molecule has 0 unspecified atom stereocenters. The van der Waals surface area contributed by atoms with Gasteiger partial charge < -0.3 is 14.0 Å². The summed E-state index contributed by atoms with van der Waals surface area (Å²) in [7, 11) is 0. The maximum atomic E-state index is 4.81. The molecular formula is C66H48N4. The minimum Gasteiger partial charge on any atom is -0.311 e. The topological polar surface area (TPSA) is 26.0 Å². The molecule has 0 bridgehead atoms. The van der Waals surface area contributed by atoms with E-state index in [1.54, 1.807) is 0 Å². The molecule has 9 aromatic carbocycles. The second-order valence-electron chi connectivity index (χ2n) is 17.6.